The number of thioether (sulfide) groups is 1. The van der Waals surface area contributed by atoms with E-state index < -0.39 is 29.5 Å². The molecule has 0 saturated heterocycles. The number of halogens is 3. The van der Waals surface area contributed by atoms with Crippen molar-refractivity contribution in [3.63, 3.8) is 0 Å². The van der Waals surface area contributed by atoms with Gasteiger partial charge < -0.3 is 4.74 Å². The third kappa shape index (κ3) is 5.99. The van der Waals surface area contributed by atoms with Gasteiger partial charge in [0, 0.05) is 10.5 Å². The van der Waals surface area contributed by atoms with E-state index in [9.17, 15) is 22.8 Å². The summed E-state index contributed by atoms with van der Waals surface area (Å²) in [7, 11) is 0. The third-order valence-electron chi connectivity index (χ3n) is 3.14. The Balaban J connectivity index is 1.83. The fraction of sp³-hybridized carbons (Fsp3) is 0.176. The van der Waals surface area contributed by atoms with Crippen LogP contribution in [0.15, 0.2) is 53.4 Å². The van der Waals surface area contributed by atoms with Crippen molar-refractivity contribution in [1.29, 1.82) is 0 Å². The minimum Gasteiger partial charge on any atom is -0.481 e. The molecule has 1 unspecified atom stereocenters. The fourth-order valence-corrected chi connectivity index (χ4v) is 2.35. The van der Waals surface area contributed by atoms with Crippen LogP contribution in [0.3, 0.4) is 0 Å². The Bertz CT molecular complexity index is 755. The van der Waals surface area contributed by atoms with Crippen molar-refractivity contribution in [2.45, 2.75) is 23.7 Å². The molecule has 2 rings (SSSR count). The van der Waals surface area contributed by atoms with E-state index in [2.05, 4.69) is 10.9 Å². The molecule has 2 aromatic carbocycles. The molecule has 138 valence electrons. The molecule has 26 heavy (non-hydrogen) atoms. The van der Waals surface area contributed by atoms with Crippen LogP contribution in [0.25, 0.3) is 0 Å². The molecule has 2 aromatic rings. The van der Waals surface area contributed by atoms with Gasteiger partial charge in [0.25, 0.3) is 17.6 Å². The van der Waals surface area contributed by atoms with Crippen molar-refractivity contribution in [1.82, 2.24) is 10.9 Å². The summed E-state index contributed by atoms with van der Waals surface area (Å²) in [6.45, 7) is 1.46. The van der Waals surface area contributed by atoms with Gasteiger partial charge in [0.05, 0.1) is 0 Å². The molecular weight excluding hydrogens is 369 g/mol. The van der Waals surface area contributed by atoms with Crippen LogP contribution in [-0.4, -0.2) is 23.7 Å². The normalized spacial score (nSPS) is 11.7. The number of benzene rings is 2. The van der Waals surface area contributed by atoms with Crippen LogP contribution >= 0.6 is 11.8 Å². The molecule has 0 spiro atoms. The van der Waals surface area contributed by atoms with Gasteiger partial charge in [-0.25, -0.2) is 4.39 Å². The average molecular weight is 384 g/mol. The Kier molecular flexibility index (Phi) is 6.90. The van der Waals surface area contributed by atoms with E-state index in [-0.39, 0.29) is 5.56 Å². The number of hydrogen-bond donors (Lipinski definition) is 2. The van der Waals surface area contributed by atoms with Gasteiger partial charge in [-0.05, 0) is 55.5 Å². The maximum Gasteiger partial charge on any atom is 0.288 e. The number of carbonyl (C=O) groups is 2. The van der Waals surface area contributed by atoms with E-state index in [0.717, 1.165) is 0 Å². The highest BCUT2D eigenvalue weighted by Gasteiger charge is 2.16. The third-order valence-corrected chi connectivity index (χ3v) is 3.86. The Morgan fingerprint density at radius 3 is 2.19 bits per heavy atom. The number of hydrogen-bond acceptors (Lipinski definition) is 4. The minimum absolute atomic E-state index is 0.191. The molecule has 9 heteroatoms. The number of hydrazine groups is 1. The van der Waals surface area contributed by atoms with E-state index in [1.54, 1.807) is 0 Å². The van der Waals surface area contributed by atoms with E-state index in [1.165, 1.54) is 55.5 Å². The summed E-state index contributed by atoms with van der Waals surface area (Å²) in [6, 6.07) is 10.6. The van der Waals surface area contributed by atoms with Crippen LogP contribution in [0.2, 0.25) is 0 Å². The van der Waals surface area contributed by atoms with Gasteiger partial charge in [-0.1, -0.05) is 11.8 Å². The zero-order valence-corrected chi connectivity index (χ0v) is 14.4. The number of nitrogens with one attached hydrogen (secondary N) is 2. The summed E-state index contributed by atoms with van der Waals surface area (Å²) in [4.78, 5) is 24.2. The van der Waals surface area contributed by atoms with Crippen molar-refractivity contribution in [3.05, 3.63) is 59.9 Å². The second-order valence-corrected chi connectivity index (χ2v) is 6.12. The first-order chi connectivity index (χ1) is 12.3. The number of alkyl halides is 2. The van der Waals surface area contributed by atoms with Crippen molar-refractivity contribution >= 4 is 23.6 Å². The Morgan fingerprint density at radius 2 is 1.62 bits per heavy atom. The van der Waals surface area contributed by atoms with Gasteiger partial charge in [0.2, 0.25) is 0 Å². The molecule has 5 nitrogen and oxygen atoms in total. The molecule has 0 heterocycles. The second-order valence-electron chi connectivity index (χ2n) is 5.06. The summed E-state index contributed by atoms with van der Waals surface area (Å²) in [6.07, 6.45) is -0.939. The molecular formula is C17H15F3N2O3S. The Hall–Kier alpha value is -2.68. The predicted molar refractivity (Wildman–Crippen MR) is 90.4 cm³/mol. The quantitative estimate of drug-likeness (QED) is 0.592. The molecule has 2 N–H and O–H groups in total. The summed E-state index contributed by atoms with van der Waals surface area (Å²) in [5, 5.41) is 0. The smallest absolute Gasteiger partial charge is 0.288 e. The largest absolute Gasteiger partial charge is 0.481 e. The highest BCUT2D eigenvalue weighted by Crippen LogP contribution is 2.25. The summed E-state index contributed by atoms with van der Waals surface area (Å²) in [5.74, 6) is -3.91. The average Bonchev–Trinajstić information content (AvgIpc) is 2.61. The van der Waals surface area contributed by atoms with Gasteiger partial charge in [-0.15, -0.1) is 0 Å². The first kappa shape index (κ1) is 19.6. The summed E-state index contributed by atoms with van der Waals surface area (Å²) >= 11 is 0.368. The lowest BCUT2D eigenvalue weighted by Crippen LogP contribution is -2.47. The first-order valence-electron chi connectivity index (χ1n) is 7.42. The van der Waals surface area contributed by atoms with Crippen LogP contribution in [0.1, 0.15) is 17.3 Å². The number of amides is 2. The van der Waals surface area contributed by atoms with Gasteiger partial charge >= 0.3 is 0 Å². The van der Waals surface area contributed by atoms with Crippen molar-refractivity contribution in [3.8, 4) is 5.75 Å². The van der Waals surface area contributed by atoms with E-state index >= 15 is 0 Å². The molecule has 2 amide bonds. The zero-order valence-electron chi connectivity index (χ0n) is 13.5. The lowest BCUT2D eigenvalue weighted by atomic mass is 10.2. The van der Waals surface area contributed by atoms with Crippen LogP contribution in [-0.2, 0) is 4.79 Å². The molecule has 0 saturated carbocycles. The van der Waals surface area contributed by atoms with Gasteiger partial charge in [0.15, 0.2) is 6.10 Å². The SMILES string of the molecule is CC(Oc1ccc(F)cc1)C(=O)NNC(=O)c1ccc(SC(F)F)cc1. The highest BCUT2D eigenvalue weighted by molar-refractivity contribution is 7.99. The van der Waals surface area contributed by atoms with Crippen LogP contribution in [0, 0.1) is 5.82 Å². The van der Waals surface area contributed by atoms with E-state index in [4.69, 9.17) is 4.74 Å². The van der Waals surface area contributed by atoms with Gasteiger partial charge in [0.1, 0.15) is 11.6 Å². The van der Waals surface area contributed by atoms with Crippen LogP contribution in [0.4, 0.5) is 13.2 Å². The molecule has 0 aliphatic carbocycles. The van der Waals surface area contributed by atoms with Crippen LogP contribution in [0.5, 0.6) is 5.75 Å². The van der Waals surface area contributed by atoms with Crippen LogP contribution < -0.4 is 15.6 Å². The topological polar surface area (TPSA) is 67.4 Å². The van der Waals surface area contributed by atoms with Gasteiger partial charge in [-0.3, -0.25) is 20.4 Å². The van der Waals surface area contributed by atoms with E-state index in [1.807, 2.05) is 0 Å². The van der Waals surface area contributed by atoms with Gasteiger partial charge in [-0.2, -0.15) is 8.78 Å². The highest BCUT2D eigenvalue weighted by atomic mass is 32.2. The van der Waals surface area contributed by atoms with Crippen molar-refractivity contribution in [2.24, 2.45) is 0 Å². The maximum atomic E-state index is 12.8. The molecule has 0 aromatic heterocycles. The van der Waals surface area contributed by atoms with E-state index in [0.29, 0.717) is 22.4 Å². The van der Waals surface area contributed by atoms with Crippen molar-refractivity contribution in [2.75, 3.05) is 0 Å². The molecule has 0 radical (unpaired) electrons. The number of rotatable bonds is 6. The standard InChI is InChI=1S/C17H15F3N2O3S/c1-10(25-13-6-4-12(18)5-7-13)15(23)21-22-16(24)11-2-8-14(9-3-11)26-17(19)20/h2-10,17H,1H3,(H,21,23)(H,22,24). The first-order valence-corrected chi connectivity index (χ1v) is 8.30. The Morgan fingerprint density at radius 1 is 1.00 bits per heavy atom. The minimum atomic E-state index is -2.54. The van der Waals surface area contributed by atoms with Crippen molar-refractivity contribution < 1.29 is 27.5 Å². The zero-order chi connectivity index (χ0) is 19.1. The molecule has 0 fully saturated rings. The molecule has 0 aliphatic heterocycles. The Labute approximate surface area is 151 Å². The lowest BCUT2D eigenvalue weighted by Gasteiger charge is -2.15. The fourth-order valence-electron chi connectivity index (χ4n) is 1.85. The molecule has 1 atom stereocenters. The lowest BCUT2D eigenvalue weighted by molar-refractivity contribution is -0.128. The summed E-state index contributed by atoms with van der Waals surface area (Å²) < 4.78 is 42.6. The second kappa shape index (κ2) is 9.14. The molecule has 0 bridgehead atoms. The summed E-state index contributed by atoms with van der Waals surface area (Å²) in [5.41, 5.74) is 4.59. The number of ether oxygens (including phenoxy) is 1. The number of carbonyl (C=O) groups excluding carboxylic acids is 2. The molecule has 0 aliphatic rings. The monoisotopic (exact) mass is 384 g/mol. The maximum absolute atomic E-state index is 12.8. The predicted octanol–water partition coefficient (Wildman–Crippen LogP) is 3.37.